The molecule has 2 rings (SSSR count). The summed E-state index contributed by atoms with van der Waals surface area (Å²) in [6.07, 6.45) is 6.02. The lowest BCUT2D eigenvalue weighted by Gasteiger charge is -2.38. The van der Waals surface area contributed by atoms with E-state index in [9.17, 15) is 4.79 Å². The number of nitrogens with zero attached hydrogens (tertiary/aromatic N) is 1. The number of benzene rings is 1. The minimum atomic E-state index is -0.737. The maximum Gasteiger partial charge on any atom is 0.228 e. The van der Waals surface area contributed by atoms with Gasteiger partial charge in [-0.25, -0.2) is 0 Å². The number of hydrogen-bond donors (Lipinski definition) is 2. The molecule has 158 valence electrons. The second-order valence-electron chi connectivity index (χ2n) is 8.79. The zero-order valence-corrected chi connectivity index (χ0v) is 18.8. The summed E-state index contributed by atoms with van der Waals surface area (Å²) < 4.78 is 0. The summed E-state index contributed by atoms with van der Waals surface area (Å²) >= 11 is 6.58. The fourth-order valence-corrected chi connectivity index (χ4v) is 4.96. The maximum atomic E-state index is 12.9. The largest absolute Gasteiger partial charge is 0.369 e. The molecule has 2 atom stereocenters. The van der Waals surface area contributed by atoms with E-state index >= 15 is 0 Å². The van der Waals surface area contributed by atoms with Crippen molar-refractivity contribution in [3.8, 4) is 0 Å². The van der Waals surface area contributed by atoms with E-state index in [2.05, 4.69) is 37.9 Å². The quantitative estimate of drug-likeness (QED) is 0.600. The fourth-order valence-electron chi connectivity index (χ4n) is 4.65. The van der Waals surface area contributed by atoms with E-state index in [1.807, 2.05) is 24.3 Å². The van der Waals surface area contributed by atoms with Crippen molar-refractivity contribution >= 4 is 17.5 Å². The average Bonchev–Trinajstić information content (AvgIpc) is 2.65. The standard InChI is InChI=1S/C23H38ClN3O/c1-17(2)27(18(3)4)16-14-23(22(25)28,20-10-5-6-11-21(20)24)13-12-19-9-7-8-15-26-19/h5-6,10-11,17-19,26H,7-9,12-16H2,1-4H3,(H2,25,28). The van der Waals surface area contributed by atoms with Crippen LogP contribution in [-0.2, 0) is 10.2 Å². The lowest BCUT2D eigenvalue weighted by atomic mass is 9.72. The van der Waals surface area contributed by atoms with Crippen molar-refractivity contribution in [2.75, 3.05) is 13.1 Å². The summed E-state index contributed by atoms with van der Waals surface area (Å²) in [5, 5.41) is 4.24. The number of primary amides is 1. The first-order chi connectivity index (χ1) is 13.3. The molecule has 1 aromatic rings. The van der Waals surface area contributed by atoms with E-state index in [0.717, 1.165) is 31.5 Å². The van der Waals surface area contributed by atoms with Gasteiger partial charge in [0, 0.05) is 29.7 Å². The molecule has 0 aliphatic carbocycles. The van der Waals surface area contributed by atoms with Gasteiger partial charge in [-0.2, -0.15) is 0 Å². The molecule has 0 aromatic heterocycles. The summed E-state index contributed by atoms with van der Waals surface area (Å²) in [7, 11) is 0. The molecule has 28 heavy (non-hydrogen) atoms. The summed E-state index contributed by atoms with van der Waals surface area (Å²) in [5.41, 5.74) is 6.24. The first-order valence-electron chi connectivity index (χ1n) is 10.8. The van der Waals surface area contributed by atoms with Gasteiger partial charge in [-0.3, -0.25) is 9.69 Å². The van der Waals surface area contributed by atoms with E-state index < -0.39 is 5.41 Å². The van der Waals surface area contributed by atoms with E-state index in [1.54, 1.807) is 0 Å². The number of hydrogen-bond acceptors (Lipinski definition) is 3. The minimum Gasteiger partial charge on any atom is -0.369 e. The molecular formula is C23H38ClN3O. The van der Waals surface area contributed by atoms with Crippen LogP contribution in [0.1, 0.15) is 71.8 Å². The van der Waals surface area contributed by atoms with Gasteiger partial charge in [0.2, 0.25) is 5.91 Å². The Balaban J connectivity index is 2.31. The molecule has 5 heteroatoms. The Hall–Kier alpha value is -1.10. The smallest absolute Gasteiger partial charge is 0.228 e. The minimum absolute atomic E-state index is 0.260. The van der Waals surface area contributed by atoms with E-state index in [1.165, 1.54) is 19.3 Å². The normalized spacial score (nSPS) is 19.9. The molecule has 4 nitrogen and oxygen atoms in total. The highest BCUT2D eigenvalue weighted by atomic mass is 35.5. The second-order valence-corrected chi connectivity index (χ2v) is 9.19. The van der Waals surface area contributed by atoms with Crippen LogP contribution in [0.4, 0.5) is 0 Å². The first-order valence-corrected chi connectivity index (χ1v) is 11.2. The Kier molecular flexibility index (Phi) is 8.79. The van der Waals surface area contributed by atoms with E-state index in [-0.39, 0.29) is 5.91 Å². The molecule has 1 saturated heterocycles. The number of halogens is 1. The molecule has 1 amide bonds. The van der Waals surface area contributed by atoms with Gasteiger partial charge in [0.1, 0.15) is 0 Å². The van der Waals surface area contributed by atoms with Crippen LogP contribution in [0, 0.1) is 0 Å². The third kappa shape index (κ3) is 5.71. The van der Waals surface area contributed by atoms with Gasteiger partial charge in [0.25, 0.3) is 0 Å². The number of amides is 1. The van der Waals surface area contributed by atoms with Crippen LogP contribution in [0.25, 0.3) is 0 Å². The van der Waals surface area contributed by atoms with Crippen LogP contribution in [0.15, 0.2) is 24.3 Å². The first kappa shape index (κ1) is 23.2. The van der Waals surface area contributed by atoms with Gasteiger partial charge >= 0.3 is 0 Å². The fraction of sp³-hybridized carbons (Fsp3) is 0.696. The van der Waals surface area contributed by atoms with E-state index in [4.69, 9.17) is 17.3 Å². The van der Waals surface area contributed by atoms with Gasteiger partial charge in [0.05, 0.1) is 5.41 Å². The zero-order valence-electron chi connectivity index (χ0n) is 18.0. The number of piperidine rings is 1. The van der Waals surface area contributed by atoms with Crippen LogP contribution in [0.5, 0.6) is 0 Å². The monoisotopic (exact) mass is 407 g/mol. The Morgan fingerprint density at radius 3 is 2.43 bits per heavy atom. The van der Waals surface area contributed by atoms with Crippen LogP contribution < -0.4 is 11.1 Å². The number of rotatable bonds is 10. The molecule has 2 unspecified atom stereocenters. The topological polar surface area (TPSA) is 58.4 Å². The van der Waals surface area contributed by atoms with Crippen molar-refractivity contribution in [1.29, 1.82) is 0 Å². The lowest BCUT2D eigenvalue weighted by molar-refractivity contribution is -0.124. The van der Waals surface area contributed by atoms with Gasteiger partial charge in [-0.15, -0.1) is 0 Å². The number of carbonyl (C=O) groups is 1. The number of nitrogens with two attached hydrogens (primary N) is 1. The molecule has 0 bridgehead atoms. The van der Waals surface area contributed by atoms with Gasteiger partial charge < -0.3 is 11.1 Å². The Labute approximate surface area is 176 Å². The lowest BCUT2D eigenvalue weighted by Crippen LogP contribution is -2.47. The van der Waals surface area contributed by atoms with Crippen LogP contribution in [-0.4, -0.2) is 42.0 Å². The van der Waals surface area contributed by atoms with Crippen molar-refractivity contribution in [2.24, 2.45) is 5.73 Å². The summed E-state index contributed by atoms with van der Waals surface area (Å²) in [6.45, 7) is 10.7. The van der Waals surface area contributed by atoms with Crippen molar-refractivity contribution in [3.05, 3.63) is 34.9 Å². The van der Waals surface area contributed by atoms with Crippen molar-refractivity contribution < 1.29 is 4.79 Å². The molecule has 0 spiro atoms. The number of nitrogens with one attached hydrogen (secondary N) is 1. The molecule has 1 aliphatic rings. The number of carbonyl (C=O) groups excluding carboxylic acids is 1. The zero-order chi connectivity index (χ0) is 20.7. The Morgan fingerprint density at radius 1 is 1.21 bits per heavy atom. The predicted octanol–water partition coefficient (Wildman–Crippen LogP) is 4.49. The van der Waals surface area contributed by atoms with Crippen LogP contribution in [0.3, 0.4) is 0 Å². The van der Waals surface area contributed by atoms with Crippen molar-refractivity contribution in [3.63, 3.8) is 0 Å². The molecular weight excluding hydrogens is 370 g/mol. The van der Waals surface area contributed by atoms with Crippen LogP contribution in [0.2, 0.25) is 5.02 Å². The molecule has 1 aromatic carbocycles. The van der Waals surface area contributed by atoms with Crippen LogP contribution >= 0.6 is 11.6 Å². The van der Waals surface area contributed by atoms with E-state index in [0.29, 0.717) is 29.6 Å². The van der Waals surface area contributed by atoms with Gasteiger partial charge in [-0.1, -0.05) is 36.2 Å². The summed E-state index contributed by atoms with van der Waals surface area (Å²) in [6, 6.07) is 9.01. The third-order valence-corrected chi connectivity index (χ3v) is 6.65. The molecule has 1 aliphatic heterocycles. The highest BCUT2D eigenvalue weighted by Gasteiger charge is 2.40. The maximum absolute atomic E-state index is 12.9. The summed E-state index contributed by atoms with van der Waals surface area (Å²) in [5.74, 6) is -0.260. The second kappa shape index (κ2) is 10.6. The Bertz CT molecular complexity index is 620. The van der Waals surface area contributed by atoms with Gasteiger partial charge in [0.15, 0.2) is 0 Å². The average molecular weight is 408 g/mol. The third-order valence-electron chi connectivity index (χ3n) is 6.32. The molecule has 0 saturated carbocycles. The molecule has 3 N–H and O–H groups in total. The highest BCUT2D eigenvalue weighted by molar-refractivity contribution is 6.31. The Morgan fingerprint density at radius 2 is 1.89 bits per heavy atom. The predicted molar refractivity (Wildman–Crippen MR) is 119 cm³/mol. The molecule has 1 fully saturated rings. The molecule has 0 radical (unpaired) electrons. The molecule has 1 heterocycles. The SMILES string of the molecule is CC(C)N(CCC(CCC1CCCCN1)(C(N)=O)c1ccccc1Cl)C(C)C. The summed E-state index contributed by atoms with van der Waals surface area (Å²) in [4.78, 5) is 15.3. The van der Waals surface area contributed by atoms with Crippen molar-refractivity contribution in [1.82, 2.24) is 10.2 Å². The highest BCUT2D eigenvalue weighted by Crippen LogP contribution is 2.38. The van der Waals surface area contributed by atoms with Gasteiger partial charge in [-0.05, 0) is 78.0 Å². The van der Waals surface area contributed by atoms with Crippen molar-refractivity contribution in [2.45, 2.75) is 89.8 Å².